The normalized spacial score (nSPS) is 16.1. The van der Waals surface area contributed by atoms with Gasteiger partial charge < -0.3 is 4.90 Å². The monoisotopic (exact) mass is 270 g/mol. The fourth-order valence-corrected chi connectivity index (χ4v) is 2.51. The van der Waals surface area contributed by atoms with Gasteiger partial charge in [-0.2, -0.15) is 0 Å². The van der Waals surface area contributed by atoms with Crippen molar-refractivity contribution < 1.29 is 4.92 Å². The third-order valence-corrected chi connectivity index (χ3v) is 3.59. The Bertz CT molecular complexity index is 420. The summed E-state index contributed by atoms with van der Waals surface area (Å²) in [6.45, 7) is 1.79. The van der Waals surface area contributed by atoms with Crippen LogP contribution in [0.3, 0.4) is 0 Å². The molecule has 0 saturated heterocycles. The molecule has 1 aromatic rings. The molecule has 0 amide bonds. The molecule has 4 nitrogen and oxygen atoms in total. The molecule has 0 bridgehead atoms. The van der Waals surface area contributed by atoms with Crippen molar-refractivity contribution in [2.45, 2.75) is 13.0 Å². The minimum Gasteiger partial charge on any atom is -0.302 e. The van der Waals surface area contributed by atoms with E-state index in [0.717, 1.165) is 25.1 Å². The zero-order chi connectivity index (χ0) is 11.0. The number of nitro groups is 1. The van der Waals surface area contributed by atoms with E-state index in [0.29, 0.717) is 4.47 Å². The maximum Gasteiger partial charge on any atom is 0.283 e. The van der Waals surface area contributed by atoms with Crippen molar-refractivity contribution in [3.8, 4) is 0 Å². The summed E-state index contributed by atoms with van der Waals surface area (Å²) in [5.41, 5.74) is 2.42. The summed E-state index contributed by atoms with van der Waals surface area (Å²) in [5.74, 6) is 0. The fraction of sp³-hybridized carbons (Fsp3) is 0.400. The molecule has 1 aliphatic heterocycles. The summed E-state index contributed by atoms with van der Waals surface area (Å²) in [6.07, 6.45) is 0.961. The second-order valence-electron chi connectivity index (χ2n) is 3.78. The Labute approximate surface area is 96.2 Å². The number of hydrogen-bond donors (Lipinski definition) is 0. The standard InChI is InChI=1S/C10H11BrN2O2/c1-12-5-4-7-2-3-9(13(14)15)10(11)8(7)6-12/h2-3H,4-6H2,1H3. The number of nitrogens with zero attached hydrogens (tertiary/aromatic N) is 2. The number of benzene rings is 1. The maximum absolute atomic E-state index is 10.8. The van der Waals surface area contributed by atoms with Crippen LogP contribution < -0.4 is 0 Å². The van der Waals surface area contributed by atoms with E-state index in [-0.39, 0.29) is 10.6 Å². The Balaban J connectivity index is 2.51. The molecule has 0 fully saturated rings. The maximum atomic E-state index is 10.8. The number of hydrogen-bond acceptors (Lipinski definition) is 3. The Kier molecular flexibility index (Phi) is 2.75. The molecular formula is C10H11BrN2O2. The molecule has 1 aliphatic rings. The van der Waals surface area contributed by atoms with Crippen molar-refractivity contribution in [3.05, 3.63) is 37.8 Å². The number of fused-ring (bicyclic) bond motifs is 1. The summed E-state index contributed by atoms with van der Waals surface area (Å²) in [7, 11) is 2.02. The molecule has 0 N–H and O–H groups in total. The lowest BCUT2D eigenvalue weighted by Crippen LogP contribution is -2.26. The molecule has 0 atom stereocenters. The first kappa shape index (κ1) is 10.6. The lowest BCUT2D eigenvalue weighted by Gasteiger charge is -2.25. The highest BCUT2D eigenvalue weighted by molar-refractivity contribution is 9.10. The molecule has 80 valence electrons. The molecule has 0 radical (unpaired) electrons. The van der Waals surface area contributed by atoms with Crippen LogP contribution in [-0.4, -0.2) is 23.4 Å². The van der Waals surface area contributed by atoms with Crippen LogP contribution in [0.1, 0.15) is 11.1 Å². The van der Waals surface area contributed by atoms with E-state index in [1.54, 1.807) is 6.07 Å². The van der Waals surface area contributed by atoms with Gasteiger partial charge in [0.15, 0.2) is 0 Å². The molecule has 15 heavy (non-hydrogen) atoms. The van der Waals surface area contributed by atoms with Crippen molar-refractivity contribution in [1.29, 1.82) is 0 Å². The van der Waals surface area contributed by atoms with Gasteiger partial charge in [-0.05, 0) is 40.5 Å². The van der Waals surface area contributed by atoms with Gasteiger partial charge in [0.25, 0.3) is 5.69 Å². The predicted octanol–water partition coefficient (Wildman–Crippen LogP) is 2.35. The Morgan fingerprint density at radius 2 is 2.27 bits per heavy atom. The minimum atomic E-state index is -0.348. The summed E-state index contributed by atoms with van der Waals surface area (Å²) in [6, 6.07) is 3.44. The average Bonchev–Trinajstić information content (AvgIpc) is 2.19. The molecular weight excluding hydrogens is 260 g/mol. The van der Waals surface area contributed by atoms with E-state index in [4.69, 9.17) is 0 Å². The van der Waals surface area contributed by atoms with E-state index in [9.17, 15) is 10.1 Å². The topological polar surface area (TPSA) is 46.4 Å². The minimum absolute atomic E-state index is 0.157. The van der Waals surface area contributed by atoms with Crippen LogP contribution in [-0.2, 0) is 13.0 Å². The predicted molar refractivity (Wildman–Crippen MR) is 60.8 cm³/mol. The van der Waals surface area contributed by atoms with Gasteiger partial charge in [-0.25, -0.2) is 0 Å². The van der Waals surface area contributed by atoms with Crippen LogP contribution in [0.25, 0.3) is 0 Å². The summed E-state index contributed by atoms with van der Waals surface area (Å²) in [5, 5.41) is 10.8. The van der Waals surface area contributed by atoms with E-state index in [1.165, 1.54) is 5.56 Å². The molecule has 2 rings (SSSR count). The number of halogens is 1. The first-order valence-corrected chi connectivity index (χ1v) is 5.52. The Morgan fingerprint density at radius 1 is 1.53 bits per heavy atom. The van der Waals surface area contributed by atoms with Crippen LogP contribution in [0.2, 0.25) is 0 Å². The smallest absolute Gasteiger partial charge is 0.283 e. The summed E-state index contributed by atoms with van der Waals surface area (Å²) in [4.78, 5) is 12.6. The van der Waals surface area contributed by atoms with E-state index in [1.807, 2.05) is 13.1 Å². The molecule has 0 spiro atoms. The first-order chi connectivity index (χ1) is 7.09. The highest BCUT2D eigenvalue weighted by Crippen LogP contribution is 2.33. The Hall–Kier alpha value is -0.940. The lowest BCUT2D eigenvalue weighted by atomic mass is 9.99. The zero-order valence-electron chi connectivity index (χ0n) is 8.36. The van der Waals surface area contributed by atoms with Gasteiger partial charge >= 0.3 is 0 Å². The molecule has 0 aromatic heterocycles. The number of nitro benzene ring substituents is 1. The zero-order valence-corrected chi connectivity index (χ0v) is 9.95. The number of likely N-dealkylation sites (N-methyl/N-ethyl adjacent to an activating group) is 1. The third-order valence-electron chi connectivity index (χ3n) is 2.71. The van der Waals surface area contributed by atoms with Gasteiger partial charge in [0, 0.05) is 19.2 Å². The molecule has 0 saturated carbocycles. The van der Waals surface area contributed by atoms with Gasteiger partial charge in [-0.15, -0.1) is 0 Å². The quantitative estimate of drug-likeness (QED) is 0.581. The first-order valence-electron chi connectivity index (χ1n) is 4.73. The van der Waals surface area contributed by atoms with Gasteiger partial charge in [-0.1, -0.05) is 6.07 Å². The van der Waals surface area contributed by atoms with Crippen molar-refractivity contribution in [1.82, 2.24) is 4.90 Å². The summed E-state index contributed by atoms with van der Waals surface area (Å²) < 4.78 is 0.636. The Morgan fingerprint density at radius 3 is 2.93 bits per heavy atom. The van der Waals surface area contributed by atoms with Gasteiger partial charge in [0.2, 0.25) is 0 Å². The largest absolute Gasteiger partial charge is 0.302 e. The van der Waals surface area contributed by atoms with Crippen LogP contribution in [0.5, 0.6) is 0 Å². The summed E-state index contributed by atoms with van der Waals surface area (Å²) >= 11 is 3.33. The molecule has 1 aromatic carbocycles. The van der Waals surface area contributed by atoms with Gasteiger partial charge in [0.05, 0.1) is 9.40 Å². The van der Waals surface area contributed by atoms with Crippen LogP contribution >= 0.6 is 15.9 Å². The van der Waals surface area contributed by atoms with Gasteiger partial charge in [0.1, 0.15) is 0 Å². The second kappa shape index (κ2) is 3.90. The van der Waals surface area contributed by atoms with Crippen molar-refractivity contribution in [2.75, 3.05) is 13.6 Å². The molecule has 0 aliphatic carbocycles. The van der Waals surface area contributed by atoms with E-state index >= 15 is 0 Å². The van der Waals surface area contributed by atoms with Gasteiger partial charge in [-0.3, -0.25) is 10.1 Å². The lowest BCUT2D eigenvalue weighted by molar-refractivity contribution is -0.385. The van der Waals surface area contributed by atoms with Crippen LogP contribution in [0, 0.1) is 10.1 Å². The second-order valence-corrected chi connectivity index (χ2v) is 4.57. The van der Waals surface area contributed by atoms with E-state index in [2.05, 4.69) is 20.8 Å². The highest BCUT2D eigenvalue weighted by Gasteiger charge is 2.22. The fourth-order valence-electron chi connectivity index (χ4n) is 1.86. The molecule has 0 unspecified atom stereocenters. The third kappa shape index (κ3) is 1.89. The SMILES string of the molecule is CN1CCc2ccc([N+](=O)[O-])c(Br)c2C1. The highest BCUT2D eigenvalue weighted by atomic mass is 79.9. The van der Waals surface area contributed by atoms with Crippen LogP contribution in [0.15, 0.2) is 16.6 Å². The van der Waals surface area contributed by atoms with E-state index < -0.39 is 0 Å². The number of rotatable bonds is 1. The van der Waals surface area contributed by atoms with Crippen molar-refractivity contribution in [3.63, 3.8) is 0 Å². The molecule has 1 heterocycles. The van der Waals surface area contributed by atoms with Crippen molar-refractivity contribution in [2.24, 2.45) is 0 Å². The van der Waals surface area contributed by atoms with Crippen molar-refractivity contribution >= 4 is 21.6 Å². The average molecular weight is 271 g/mol. The molecule has 5 heteroatoms. The van der Waals surface area contributed by atoms with Crippen LogP contribution in [0.4, 0.5) is 5.69 Å².